The number of anilines is 1. The Morgan fingerprint density at radius 3 is 2.27 bits per heavy atom. The molecule has 0 unspecified atom stereocenters. The zero-order valence-electron chi connectivity index (χ0n) is 14.4. The van der Waals surface area contributed by atoms with E-state index in [9.17, 15) is 9.59 Å². The molecule has 0 aromatic heterocycles. The summed E-state index contributed by atoms with van der Waals surface area (Å²) in [5, 5.41) is 9.23. The molecule has 0 atom stereocenters. The number of carbonyl (C=O) groups is 2. The molecule has 136 valence electrons. The summed E-state index contributed by atoms with van der Waals surface area (Å²) in [6.45, 7) is 0.418. The lowest BCUT2D eigenvalue weighted by Crippen LogP contribution is -2.57. The normalized spacial score (nSPS) is 15.3. The molecule has 0 spiro atoms. The van der Waals surface area contributed by atoms with E-state index in [-0.39, 0.29) is 11.9 Å². The van der Waals surface area contributed by atoms with Gasteiger partial charge in [0.25, 0.3) is 0 Å². The van der Waals surface area contributed by atoms with Crippen molar-refractivity contribution in [3.05, 3.63) is 65.2 Å². The molecule has 0 heterocycles. The number of hydrogen-bond donors (Lipinski definition) is 3. The Labute approximate surface area is 158 Å². The highest BCUT2D eigenvalue weighted by Gasteiger charge is 2.42. The molecule has 26 heavy (non-hydrogen) atoms. The van der Waals surface area contributed by atoms with Crippen LogP contribution in [0.15, 0.2) is 54.6 Å². The summed E-state index contributed by atoms with van der Waals surface area (Å²) < 4.78 is 0. The average molecular weight is 372 g/mol. The van der Waals surface area contributed by atoms with Crippen molar-refractivity contribution in [3.8, 4) is 0 Å². The van der Waals surface area contributed by atoms with Crippen molar-refractivity contribution in [3.63, 3.8) is 0 Å². The number of nitrogens with one attached hydrogen (secondary N) is 3. The van der Waals surface area contributed by atoms with Crippen LogP contribution >= 0.6 is 11.6 Å². The standard InChI is InChI=1S/C20H22ClN3O2/c21-16-8-10-17(11-9-16)23-18(25)20(12-4-5-13-20)24-19(26)22-14-15-6-2-1-3-7-15/h1-3,6-11H,4-5,12-14H2,(H,23,25)(H2,22,24,26). The van der Waals surface area contributed by atoms with Crippen LogP contribution < -0.4 is 16.0 Å². The molecule has 1 aliphatic rings. The topological polar surface area (TPSA) is 70.2 Å². The minimum atomic E-state index is -0.875. The quantitative estimate of drug-likeness (QED) is 0.740. The first-order chi connectivity index (χ1) is 12.6. The van der Waals surface area contributed by atoms with Crippen molar-refractivity contribution in [2.45, 2.75) is 37.8 Å². The number of urea groups is 1. The van der Waals surface area contributed by atoms with Crippen LogP contribution in [0.5, 0.6) is 0 Å². The number of benzene rings is 2. The van der Waals surface area contributed by atoms with E-state index >= 15 is 0 Å². The third-order valence-electron chi connectivity index (χ3n) is 4.64. The van der Waals surface area contributed by atoms with E-state index in [1.165, 1.54) is 0 Å². The second kappa shape index (κ2) is 8.23. The lowest BCUT2D eigenvalue weighted by molar-refractivity contribution is -0.121. The number of rotatable bonds is 5. The summed E-state index contributed by atoms with van der Waals surface area (Å²) in [6.07, 6.45) is 3.08. The second-order valence-corrected chi connectivity index (χ2v) is 6.98. The Kier molecular flexibility index (Phi) is 5.78. The molecule has 0 bridgehead atoms. The van der Waals surface area contributed by atoms with Gasteiger partial charge in [-0.25, -0.2) is 4.79 Å². The second-order valence-electron chi connectivity index (χ2n) is 6.54. The average Bonchev–Trinajstić information content (AvgIpc) is 3.12. The van der Waals surface area contributed by atoms with E-state index in [2.05, 4.69) is 16.0 Å². The zero-order valence-corrected chi connectivity index (χ0v) is 15.2. The van der Waals surface area contributed by atoms with Gasteiger partial charge in [0.05, 0.1) is 0 Å². The van der Waals surface area contributed by atoms with Gasteiger partial charge in [0.1, 0.15) is 5.54 Å². The lowest BCUT2D eigenvalue weighted by Gasteiger charge is -2.29. The van der Waals surface area contributed by atoms with Gasteiger partial charge in [-0.2, -0.15) is 0 Å². The summed E-state index contributed by atoms with van der Waals surface area (Å²) >= 11 is 5.88. The van der Waals surface area contributed by atoms with Gasteiger partial charge < -0.3 is 16.0 Å². The van der Waals surface area contributed by atoms with Crippen molar-refractivity contribution < 1.29 is 9.59 Å². The van der Waals surface area contributed by atoms with E-state index in [1.54, 1.807) is 24.3 Å². The largest absolute Gasteiger partial charge is 0.334 e. The van der Waals surface area contributed by atoms with Crippen LogP contribution in [0.25, 0.3) is 0 Å². The van der Waals surface area contributed by atoms with Crippen molar-refractivity contribution in [2.24, 2.45) is 0 Å². The molecule has 1 fully saturated rings. The fraction of sp³-hybridized carbons (Fsp3) is 0.300. The van der Waals surface area contributed by atoms with E-state index in [4.69, 9.17) is 11.6 Å². The fourth-order valence-electron chi connectivity index (χ4n) is 3.21. The third-order valence-corrected chi connectivity index (χ3v) is 4.89. The first kappa shape index (κ1) is 18.3. The monoisotopic (exact) mass is 371 g/mol. The molecule has 6 heteroatoms. The molecular weight excluding hydrogens is 350 g/mol. The maximum Gasteiger partial charge on any atom is 0.315 e. The third kappa shape index (κ3) is 4.55. The number of hydrogen-bond acceptors (Lipinski definition) is 2. The molecule has 0 radical (unpaired) electrons. The SMILES string of the molecule is O=C(NCc1ccccc1)NC1(C(=O)Nc2ccc(Cl)cc2)CCCC1. The van der Waals surface area contributed by atoms with Gasteiger partial charge in [0.2, 0.25) is 5.91 Å². The molecule has 2 aromatic carbocycles. The van der Waals surface area contributed by atoms with Crippen molar-refractivity contribution in [2.75, 3.05) is 5.32 Å². The van der Waals surface area contributed by atoms with E-state index in [0.29, 0.717) is 30.1 Å². The van der Waals surface area contributed by atoms with Crippen LogP contribution in [-0.4, -0.2) is 17.5 Å². The molecule has 5 nitrogen and oxygen atoms in total. The molecule has 3 amide bonds. The summed E-state index contributed by atoms with van der Waals surface area (Å²) in [4.78, 5) is 25.2. The first-order valence-corrected chi connectivity index (χ1v) is 9.12. The Morgan fingerprint density at radius 2 is 1.62 bits per heavy atom. The van der Waals surface area contributed by atoms with Gasteiger partial charge in [-0.05, 0) is 42.7 Å². The van der Waals surface area contributed by atoms with Gasteiger partial charge >= 0.3 is 6.03 Å². The van der Waals surface area contributed by atoms with E-state index in [1.807, 2.05) is 30.3 Å². The molecule has 3 N–H and O–H groups in total. The molecule has 0 saturated heterocycles. The van der Waals surface area contributed by atoms with Crippen LogP contribution in [0, 0.1) is 0 Å². The lowest BCUT2D eigenvalue weighted by atomic mass is 9.96. The van der Waals surface area contributed by atoms with Crippen LogP contribution in [0.4, 0.5) is 10.5 Å². The van der Waals surface area contributed by atoms with Crippen molar-refractivity contribution >= 4 is 29.2 Å². The Balaban J connectivity index is 1.62. The molecule has 2 aromatic rings. The Bertz CT molecular complexity index is 756. The Hall–Kier alpha value is -2.53. The van der Waals surface area contributed by atoms with Crippen LogP contribution in [0.2, 0.25) is 5.02 Å². The van der Waals surface area contributed by atoms with Crippen LogP contribution in [0.3, 0.4) is 0 Å². The minimum Gasteiger partial charge on any atom is -0.334 e. The van der Waals surface area contributed by atoms with Gasteiger partial charge in [-0.15, -0.1) is 0 Å². The number of carbonyl (C=O) groups excluding carboxylic acids is 2. The van der Waals surface area contributed by atoms with Gasteiger partial charge in [-0.1, -0.05) is 54.8 Å². The summed E-state index contributed by atoms with van der Waals surface area (Å²) in [5.74, 6) is -0.188. The summed E-state index contributed by atoms with van der Waals surface area (Å²) in [7, 11) is 0. The Morgan fingerprint density at radius 1 is 0.962 bits per heavy atom. The zero-order chi connectivity index (χ0) is 18.4. The minimum absolute atomic E-state index is 0.188. The van der Waals surface area contributed by atoms with Gasteiger partial charge in [-0.3, -0.25) is 4.79 Å². The smallest absolute Gasteiger partial charge is 0.315 e. The highest BCUT2D eigenvalue weighted by molar-refractivity contribution is 6.30. The molecule has 1 aliphatic carbocycles. The van der Waals surface area contributed by atoms with Crippen LogP contribution in [0.1, 0.15) is 31.2 Å². The predicted octanol–water partition coefficient (Wildman–Crippen LogP) is 4.09. The number of halogens is 1. The first-order valence-electron chi connectivity index (χ1n) is 8.74. The van der Waals surface area contributed by atoms with E-state index in [0.717, 1.165) is 18.4 Å². The van der Waals surface area contributed by atoms with Crippen LogP contribution in [-0.2, 0) is 11.3 Å². The fourth-order valence-corrected chi connectivity index (χ4v) is 3.34. The molecule has 3 rings (SSSR count). The van der Waals surface area contributed by atoms with E-state index < -0.39 is 5.54 Å². The molecule has 0 aliphatic heterocycles. The maximum absolute atomic E-state index is 12.8. The highest BCUT2D eigenvalue weighted by atomic mass is 35.5. The summed E-state index contributed by atoms with van der Waals surface area (Å²) in [5.41, 5.74) is 0.798. The summed E-state index contributed by atoms with van der Waals surface area (Å²) in [6, 6.07) is 16.3. The van der Waals surface area contributed by atoms with Crippen molar-refractivity contribution in [1.82, 2.24) is 10.6 Å². The van der Waals surface area contributed by atoms with Gasteiger partial charge in [0.15, 0.2) is 0 Å². The molecule has 1 saturated carbocycles. The molecular formula is C20H22ClN3O2. The van der Waals surface area contributed by atoms with Crippen molar-refractivity contribution in [1.29, 1.82) is 0 Å². The predicted molar refractivity (Wildman–Crippen MR) is 103 cm³/mol. The highest BCUT2D eigenvalue weighted by Crippen LogP contribution is 2.31. The van der Waals surface area contributed by atoms with Gasteiger partial charge in [0, 0.05) is 17.3 Å². The maximum atomic E-state index is 12.8. The number of amides is 3.